The van der Waals surface area contributed by atoms with Gasteiger partial charge < -0.3 is 5.11 Å². The van der Waals surface area contributed by atoms with Crippen molar-refractivity contribution in [2.45, 2.75) is 58.0 Å². The molecular weight excluding hydrogens is 178 g/mol. The Morgan fingerprint density at radius 3 is 2.29 bits per heavy atom. The van der Waals surface area contributed by atoms with Gasteiger partial charge in [-0.2, -0.15) is 0 Å². The fourth-order valence-electron chi connectivity index (χ4n) is 1.97. The quantitative estimate of drug-likeness (QED) is 0.728. The lowest BCUT2D eigenvalue weighted by Crippen LogP contribution is -2.56. The molecular formula is C11H21NO2. The predicted molar refractivity (Wildman–Crippen MR) is 56.3 cm³/mol. The van der Waals surface area contributed by atoms with Gasteiger partial charge in [0.15, 0.2) is 0 Å². The zero-order chi connectivity index (χ0) is 10.8. The standard InChI is InChI=1S/C11H21NO2/c1-8(2)11(3,10(13)14)12-9-6-4-5-7-9/h8-9,12H,4-7H2,1-3H3,(H,13,14). The van der Waals surface area contributed by atoms with E-state index in [0.29, 0.717) is 6.04 Å². The van der Waals surface area contributed by atoms with Gasteiger partial charge in [-0.15, -0.1) is 0 Å². The van der Waals surface area contributed by atoms with Crippen molar-refractivity contribution in [1.29, 1.82) is 0 Å². The third kappa shape index (κ3) is 2.27. The number of hydrogen-bond acceptors (Lipinski definition) is 2. The lowest BCUT2D eigenvalue weighted by molar-refractivity contribution is -0.146. The Morgan fingerprint density at radius 1 is 1.43 bits per heavy atom. The van der Waals surface area contributed by atoms with Crippen molar-refractivity contribution in [2.75, 3.05) is 0 Å². The maximum Gasteiger partial charge on any atom is 0.323 e. The molecule has 1 aliphatic carbocycles. The molecule has 1 rings (SSSR count). The summed E-state index contributed by atoms with van der Waals surface area (Å²) in [5.41, 5.74) is -0.769. The van der Waals surface area contributed by atoms with Crippen LogP contribution in [-0.2, 0) is 4.79 Å². The van der Waals surface area contributed by atoms with Crippen LogP contribution in [0, 0.1) is 5.92 Å². The molecule has 2 N–H and O–H groups in total. The molecule has 1 atom stereocenters. The summed E-state index contributed by atoms with van der Waals surface area (Å²) in [4.78, 5) is 11.2. The summed E-state index contributed by atoms with van der Waals surface area (Å²) in [5.74, 6) is -0.625. The molecule has 0 amide bonds. The van der Waals surface area contributed by atoms with E-state index in [4.69, 9.17) is 0 Å². The number of carbonyl (C=O) groups is 1. The summed E-state index contributed by atoms with van der Waals surface area (Å²) in [7, 11) is 0. The molecule has 0 aromatic rings. The summed E-state index contributed by atoms with van der Waals surface area (Å²) >= 11 is 0. The zero-order valence-electron chi connectivity index (χ0n) is 9.34. The molecule has 0 saturated heterocycles. The van der Waals surface area contributed by atoms with Gasteiger partial charge >= 0.3 is 5.97 Å². The second-order valence-corrected chi connectivity index (χ2v) is 4.79. The first-order valence-corrected chi connectivity index (χ1v) is 5.48. The zero-order valence-corrected chi connectivity index (χ0v) is 9.34. The van der Waals surface area contributed by atoms with Gasteiger partial charge in [-0.3, -0.25) is 10.1 Å². The number of carboxylic acids is 1. The normalized spacial score (nSPS) is 22.6. The van der Waals surface area contributed by atoms with E-state index in [2.05, 4.69) is 5.32 Å². The van der Waals surface area contributed by atoms with Crippen LogP contribution in [0.5, 0.6) is 0 Å². The molecule has 3 nitrogen and oxygen atoms in total. The van der Waals surface area contributed by atoms with E-state index in [1.165, 1.54) is 12.8 Å². The van der Waals surface area contributed by atoms with Crippen molar-refractivity contribution in [1.82, 2.24) is 5.32 Å². The average molecular weight is 199 g/mol. The van der Waals surface area contributed by atoms with Gasteiger partial charge in [0, 0.05) is 6.04 Å². The number of carboxylic acid groups (broad SMARTS) is 1. The lowest BCUT2D eigenvalue weighted by Gasteiger charge is -2.33. The Labute approximate surface area is 85.9 Å². The first-order chi connectivity index (χ1) is 6.47. The Morgan fingerprint density at radius 2 is 1.93 bits per heavy atom. The number of hydrogen-bond donors (Lipinski definition) is 2. The van der Waals surface area contributed by atoms with Gasteiger partial charge in [-0.25, -0.2) is 0 Å². The third-order valence-corrected chi connectivity index (χ3v) is 3.46. The molecule has 1 fully saturated rings. The maximum atomic E-state index is 11.2. The van der Waals surface area contributed by atoms with Crippen LogP contribution in [0.3, 0.4) is 0 Å². The number of rotatable bonds is 4. The molecule has 1 saturated carbocycles. The first-order valence-electron chi connectivity index (χ1n) is 5.48. The Balaban J connectivity index is 2.63. The van der Waals surface area contributed by atoms with Gasteiger partial charge in [0.1, 0.15) is 5.54 Å². The van der Waals surface area contributed by atoms with Gasteiger partial charge in [-0.1, -0.05) is 26.7 Å². The fraction of sp³-hybridized carbons (Fsp3) is 0.909. The molecule has 3 heteroatoms. The molecule has 0 aromatic carbocycles. The summed E-state index contributed by atoms with van der Waals surface area (Å²) in [5, 5.41) is 12.5. The van der Waals surface area contributed by atoms with Gasteiger partial charge in [0.25, 0.3) is 0 Å². The monoisotopic (exact) mass is 199 g/mol. The topological polar surface area (TPSA) is 49.3 Å². The van der Waals surface area contributed by atoms with Crippen LogP contribution >= 0.6 is 0 Å². The van der Waals surface area contributed by atoms with Gasteiger partial charge in [0.05, 0.1) is 0 Å². The summed E-state index contributed by atoms with van der Waals surface area (Å²) in [6, 6.07) is 0.401. The van der Waals surface area contributed by atoms with Crippen LogP contribution in [0.1, 0.15) is 46.5 Å². The van der Waals surface area contributed by atoms with Crippen LogP contribution in [0.15, 0.2) is 0 Å². The molecule has 1 unspecified atom stereocenters. The second-order valence-electron chi connectivity index (χ2n) is 4.79. The van der Waals surface area contributed by atoms with Crippen molar-refractivity contribution < 1.29 is 9.90 Å². The van der Waals surface area contributed by atoms with Gasteiger partial charge in [-0.05, 0) is 25.7 Å². The van der Waals surface area contributed by atoms with Crippen molar-refractivity contribution in [3.63, 3.8) is 0 Å². The molecule has 0 bridgehead atoms. The predicted octanol–water partition coefficient (Wildman–Crippen LogP) is 2.02. The molecule has 0 aliphatic heterocycles. The first kappa shape index (κ1) is 11.5. The van der Waals surface area contributed by atoms with E-state index in [1.807, 2.05) is 13.8 Å². The summed E-state index contributed by atoms with van der Waals surface area (Å²) in [6.45, 7) is 5.70. The number of nitrogens with one attached hydrogen (secondary N) is 1. The summed E-state index contributed by atoms with van der Waals surface area (Å²) < 4.78 is 0. The van der Waals surface area contributed by atoms with E-state index >= 15 is 0 Å². The lowest BCUT2D eigenvalue weighted by atomic mass is 9.87. The molecule has 14 heavy (non-hydrogen) atoms. The fourth-order valence-corrected chi connectivity index (χ4v) is 1.97. The van der Waals surface area contributed by atoms with E-state index in [1.54, 1.807) is 6.92 Å². The van der Waals surface area contributed by atoms with E-state index in [-0.39, 0.29) is 5.92 Å². The molecule has 0 radical (unpaired) electrons. The second kappa shape index (κ2) is 4.30. The van der Waals surface area contributed by atoms with Gasteiger partial charge in [0.2, 0.25) is 0 Å². The average Bonchev–Trinajstić information content (AvgIpc) is 2.55. The van der Waals surface area contributed by atoms with E-state index in [0.717, 1.165) is 12.8 Å². The molecule has 0 heterocycles. The van der Waals surface area contributed by atoms with Crippen molar-refractivity contribution in [2.24, 2.45) is 5.92 Å². The maximum absolute atomic E-state index is 11.2. The molecule has 0 aromatic heterocycles. The highest BCUT2D eigenvalue weighted by atomic mass is 16.4. The van der Waals surface area contributed by atoms with Crippen molar-refractivity contribution in [3.05, 3.63) is 0 Å². The minimum absolute atomic E-state index is 0.112. The van der Waals surface area contributed by atoms with Crippen molar-refractivity contribution in [3.8, 4) is 0 Å². The van der Waals surface area contributed by atoms with Crippen LogP contribution in [0.2, 0.25) is 0 Å². The van der Waals surface area contributed by atoms with E-state index < -0.39 is 11.5 Å². The SMILES string of the molecule is CC(C)C(C)(NC1CCCC1)C(=O)O. The highest BCUT2D eigenvalue weighted by molar-refractivity contribution is 5.78. The third-order valence-electron chi connectivity index (χ3n) is 3.46. The molecule has 1 aliphatic rings. The smallest absolute Gasteiger partial charge is 0.323 e. The Hall–Kier alpha value is -0.570. The minimum Gasteiger partial charge on any atom is -0.480 e. The highest BCUT2D eigenvalue weighted by Gasteiger charge is 2.38. The largest absolute Gasteiger partial charge is 0.480 e. The molecule has 82 valence electrons. The number of aliphatic carboxylic acids is 1. The summed E-state index contributed by atoms with van der Waals surface area (Å²) in [6.07, 6.45) is 4.70. The highest BCUT2D eigenvalue weighted by Crippen LogP contribution is 2.24. The Bertz CT molecular complexity index is 209. The van der Waals surface area contributed by atoms with Crippen LogP contribution < -0.4 is 5.32 Å². The molecule has 0 spiro atoms. The van der Waals surface area contributed by atoms with Crippen LogP contribution in [-0.4, -0.2) is 22.7 Å². The van der Waals surface area contributed by atoms with Crippen molar-refractivity contribution >= 4 is 5.97 Å². The van der Waals surface area contributed by atoms with E-state index in [9.17, 15) is 9.90 Å². The van der Waals surface area contributed by atoms with Crippen LogP contribution in [0.25, 0.3) is 0 Å². The Kier molecular flexibility index (Phi) is 3.53. The minimum atomic E-state index is -0.769. The van der Waals surface area contributed by atoms with Crippen LogP contribution in [0.4, 0.5) is 0 Å².